The van der Waals surface area contributed by atoms with Gasteiger partial charge in [-0.2, -0.15) is 0 Å². The Bertz CT molecular complexity index is 470. The molecule has 0 bridgehead atoms. The van der Waals surface area contributed by atoms with Crippen LogP contribution in [0.15, 0.2) is 18.2 Å². The molecular weight excluding hydrogens is 250 g/mol. The molecule has 0 spiro atoms. The molecule has 0 saturated heterocycles. The number of rotatable bonds is 4. The Balaban J connectivity index is 1.96. The minimum atomic E-state index is 0.00784. The van der Waals surface area contributed by atoms with Crippen molar-refractivity contribution in [1.82, 2.24) is 5.32 Å². The van der Waals surface area contributed by atoms with E-state index in [1.165, 1.54) is 12.8 Å². The highest BCUT2D eigenvalue weighted by atomic mass is 16.3. The monoisotopic (exact) mass is 275 g/mol. The van der Waals surface area contributed by atoms with Crippen LogP contribution in [0.2, 0.25) is 0 Å². The van der Waals surface area contributed by atoms with Crippen molar-refractivity contribution in [2.75, 3.05) is 13.2 Å². The van der Waals surface area contributed by atoms with E-state index in [0.29, 0.717) is 18.4 Å². The van der Waals surface area contributed by atoms with E-state index in [-0.39, 0.29) is 12.5 Å². The Morgan fingerprint density at radius 2 is 1.95 bits per heavy atom. The smallest absolute Gasteiger partial charge is 0.251 e. The van der Waals surface area contributed by atoms with E-state index in [1.54, 1.807) is 0 Å². The zero-order chi connectivity index (χ0) is 14.5. The summed E-state index contributed by atoms with van der Waals surface area (Å²) in [6.07, 6.45) is 4.60. The highest BCUT2D eigenvalue weighted by Gasteiger charge is 2.25. The lowest BCUT2D eigenvalue weighted by Gasteiger charge is -2.30. The quantitative estimate of drug-likeness (QED) is 0.887. The highest BCUT2D eigenvalue weighted by molar-refractivity contribution is 5.95. The molecule has 1 aliphatic carbocycles. The number of aliphatic hydroxyl groups excluding tert-OH is 1. The van der Waals surface area contributed by atoms with Crippen molar-refractivity contribution < 1.29 is 9.90 Å². The van der Waals surface area contributed by atoms with E-state index < -0.39 is 0 Å². The topological polar surface area (TPSA) is 49.3 Å². The van der Waals surface area contributed by atoms with Crippen molar-refractivity contribution >= 4 is 5.91 Å². The summed E-state index contributed by atoms with van der Waals surface area (Å²) in [6.45, 7) is 4.93. The number of carbonyl (C=O) groups excluding carboxylic acids is 1. The van der Waals surface area contributed by atoms with Gasteiger partial charge in [0.15, 0.2) is 0 Å². The van der Waals surface area contributed by atoms with Gasteiger partial charge in [0.25, 0.3) is 5.91 Å². The summed E-state index contributed by atoms with van der Waals surface area (Å²) >= 11 is 0. The fourth-order valence-electron chi connectivity index (χ4n) is 3.11. The van der Waals surface area contributed by atoms with Gasteiger partial charge >= 0.3 is 0 Å². The van der Waals surface area contributed by atoms with E-state index >= 15 is 0 Å². The number of hydrogen-bond acceptors (Lipinski definition) is 2. The molecule has 3 nitrogen and oxygen atoms in total. The molecule has 1 fully saturated rings. The van der Waals surface area contributed by atoms with Crippen molar-refractivity contribution in [2.45, 2.75) is 39.5 Å². The molecule has 2 unspecified atom stereocenters. The van der Waals surface area contributed by atoms with Gasteiger partial charge in [-0.05, 0) is 55.7 Å². The Hall–Kier alpha value is -1.35. The molecule has 1 amide bonds. The van der Waals surface area contributed by atoms with Crippen LogP contribution in [0, 0.1) is 25.7 Å². The third-order valence-corrected chi connectivity index (χ3v) is 4.68. The fourth-order valence-corrected chi connectivity index (χ4v) is 3.11. The summed E-state index contributed by atoms with van der Waals surface area (Å²) in [5, 5.41) is 12.5. The Kier molecular flexibility index (Phi) is 5.18. The number of benzene rings is 1. The molecule has 1 aliphatic rings. The van der Waals surface area contributed by atoms with Crippen molar-refractivity contribution in [2.24, 2.45) is 11.8 Å². The summed E-state index contributed by atoms with van der Waals surface area (Å²) in [7, 11) is 0. The predicted molar refractivity (Wildman–Crippen MR) is 80.8 cm³/mol. The van der Waals surface area contributed by atoms with E-state index in [0.717, 1.165) is 29.5 Å². The van der Waals surface area contributed by atoms with Gasteiger partial charge in [-0.25, -0.2) is 0 Å². The van der Waals surface area contributed by atoms with E-state index in [1.807, 2.05) is 32.0 Å². The second kappa shape index (κ2) is 6.89. The van der Waals surface area contributed by atoms with Crippen LogP contribution >= 0.6 is 0 Å². The lowest BCUT2D eigenvalue weighted by atomic mass is 9.79. The minimum Gasteiger partial charge on any atom is -0.396 e. The Morgan fingerprint density at radius 3 is 2.65 bits per heavy atom. The number of carbonyl (C=O) groups is 1. The summed E-state index contributed by atoms with van der Waals surface area (Å²) in [4.78, 5) is 12.3. The lowest BCUT2D eigenvalue weighted by Crippen LogP contribution is -2.35. The molecule has 20 heavy (non-hydrogen) atoms. The van der Waals surface area contributed by atoms with Crippen molar-refractivity contribution in [3.63, 3.8) is 0 Å². The Morgan fingerprint density at radius 1 is 1.25 bits per heavy atom. The first-order valence-corrected chi connectivity index (χ1v) is 7.58. The van der Waals surface area contributed by atoms with Gasteiger partial charge in [0.1, 0.15) is 0 Å². The lowest BCUT2D eigenvalue weighted by molar-refractivity contribution is 0.0908. The Labute approximate surface area is 121 Å². The van der Waals surface area contributed by atoms with Crippen LogP contribution in [0.4, 0.5) is 0 Å². The van der Waals surface area contributed by atoms with E-state index in [4.69, 9.17) is 0 Å². The first kappa shape index (κ1) is 15.0. The molecule has 0 heterocycles. The van der Waals surface area contributed by atoms with E-state index in [2.05, 4.69) is 5.32 Å². The zero-order valence-electron chi connectivity index (χ0n) is 12.5. The first-order chi connectivity index (χ1) is 9.63. The van der Waals surface area contributed by atoms with Crippen LogP contribution < -0.4 is 5.32 Å². The summed E-state index contributed by atoms with van der Waals surface area (Å²) in [5.41, 5.74) is 2.96. The van der Waals surface area contributed by atoms with Crippen molar-refractivity contribution in [1.29, 1.82) is 0 Å². The van der Waals surface area contributed by atoms with Gasteiger partial charge < -0.3 is 10.4 Å². The van der Waals surface area contributed by atoms with Crippen LogP contribution in [0.3, 0.4) is 0 Å². The number of hydrogen-bond donors (Lipinski definition) is 2. The van der Waals surface area contributed by atoms with Gasteiger partial charge in [-0.1, -0.05) is 25.0 Å². The molecule has 110 valence electrons. The molecular formula is C17H25NO2. The van der Waals surface area contributed by atoms with Gasteiger partial charge in [0, 0.05) is 18.7 Å². The molecule has 0 aromatic heterocycles. The molecule has 2 N–H and O–H groups in total. The number of aliphatic hydroxyl groups is 1. The van der Waals surface area contributed by atoms with Gasteiger partial charge in [0.05, 0.1) is 0 Å². The summed E-state index contributed by atoms with van der Waals surface area (Å²) < 4.78 is 0. The van der Waals surface area contributed by atoms with Crippen molar-refractivity contribution in [3.8, 4) is 0 Å². The van der Waals surface area contributed by atoms with Crippen molar-refractivity contribution in [3.05, 3.63) is 34.9 Å². The number of nitrogens with one attached hydrogen (secondary N) is 1. The van der Waals surface area contributed by atoms with Crippen LogP contribution in [-0.4, -0.2) is 24.2 Å². The minimum absolute atomic E-state index is 0.00784. The third-order valence-electron chi connectivity index (χ3n) is 4.68. The largest absolute Gasteiger partial charge is 0.396 e. The molecule has 1 aromatic rings. The predicted octanol–water partition coefficient (Wildman–Crippen LogP) is 2.83. The standard InChI is InChI=1S/C17H25NO2/c1-12-6-5-9-16(13(12)2)17(20)18-10-14-7-3-4-8-15(14)11-19/h5-6,9,14-15,19H,3-4,7-8,10-11H2,1-2H3,(H,18,20). The van der Waals surface area contributed by atoms with Crippen LogP contribution in [0.5, 0.6) is 0 Å². The number of amides is 1. The SMILES string of the molecule is Cc1cccc(C(=O)NCC2CCCCC2CO)c1C. The molecule has 2 rings (SSSR count). The second-order valence-electron chi connectivity index (χ2n) is 5.94. The first-order valence-electron chi connectivity index (χ1n) is 7.58. The van der Waals surface area contributed by atoms with Crippen LogP contribution in [-0.2, 0) is 0 Å². The molecule has 0 aliphatic heterocycles. The maximum absolute atomic E-state index is 12.3. The average Bonchev–Trinajstić information content (AvgIpc) is 2.48. The van der Waals surface area contributed by atoms with E-state index in [9.17, 15) is 9.90 Å². The van der Waals surface area contributed by atoms with Gasteiger partial charge in [0.2, 0.25) is 0 Å². The molecule has 0 radical (unpaired) electrons. The number of aryl methyl sites for hydroxylation is 1. The zero-order valence-corrected chi connectivity index (χ0v) is 12.5. The average molecular weight is 275 g/mol. The molecule has 1 aromatic carbocycles. The highest BCUT2D eigenvalue weighted by Crippen LogP contribution is 2.29. The maximum Gasteiger partial charge on any atom is 0.251 e. The summed E-state index contributed by atoms with van der Waals surface area (Å²) in [6, 6.07) is 5.82. The summed E-state index contributed by atoms with van der Waals surface area (Å²) in [5.74, 6) is 0.777. The van der Waals surface area contributed by atoms with Crippen LogP contribution in [0.1, 0.15) is 47.2 Å². The third kappa shape index (κ3) is 3.40. The normalized spacial score (nSPS) is 22.6. The molecule has 3 heteroatoms. The maximum atomic E-state index is 12.3. The van der Waals surface area contributed by atoms with Crippen LogP contribution in [0.25, 0.3) is 0 Å². The molecule has 2 atom stereocenters. The second-order valence-corrected chi connectivity index (χ2v) is 5.94. The fraction of sp³-hybridized carbons (Fsp3) is 0.588. The molecule has 1 saturated carbocycles. The van der Waals surface area contributed by atoms with Gasteiger partial charge in [-0.3, -0.25) is 4.79 Å². The van der Waals surface area contributed by atoms with Gasteiger partial charge in [-0.15, -0.1) is 0 Å².